The third-order valence-corrected chi connectivity index (χ3v) is 2.62. The largest absolute Gasteiger partial charge is 0.508 e. The van der Waals surface area contributed by atoms with Crippen molar-refractivity contribution in [1.82, 2.24) is 0 Å². The van der Waals surface area contributed by atoms with Gasteiger partial charge in [-0.25, -0.2) is 0 Å². The van der Waals surface area contributed by atoms with Crippen molar-refractivity contribution in [2.45, 2.75) is 20.8 Å². The van der Waals surface area contributed by atoms with Gasteiger partial charge in [-0.2, -0.15) is 0 Å². The summed E-state index contributed by atoms with van der Waals surface area (Å²) < 4.78 is 0. The first-order valence-corrected chi connectivity index (χ1v) is 5.85. The molecule has 1 N–H and O–H groups in total. The van der Waals surface area contributed by atoms with Crippen LogP contribution in [0.4, 0.5) is 0 Å². The number of hydrogen-bond donors (Lipinski definition) is 1. The van der Waals surface area contributed by atoms with E-state index in [0.29, 0.717) is 5.75 Å². The maximum atomic E-state index is 9.04. The lowest BCUT2D eigenvalue weighted by Crippen LogP contribution is -1.75. The molecule has 2 rings (SSSR count). The van der Waals surface area contributed by atoms with Crippen LogP contribution in [0.1, 0.15) is 16.7 Å². The summed E-state index contributed by atoms with van der Waals surface area (Å²) >= 11 is 5.61. The van der Waals surface area contributed by atoms with E-state index < -0.39 is 0 Å². The summed E-state index contributed by atoms with van der Waals surface area (Å²) in [6.07, 6.45) is 0. The Bertz CT molecular complexity index is 454. The molecule has 17 heavy (non-hydrogen) atoms. The predicted octanol–water partition coefficient (Wildman–Crippen LogP) is 4.66. The second-order valence-corrected chi connectivity index (χ2v) is 4.52. The van der Waals surface area contributed by atoms with E-state index in [2.05, 4.69) is 0 Å². The van der Waals surface area contributed by atoms with E-state index in [4.69, 9.17) is 16.7 Å². The summed E-state index contributed by atoms with van der Waals surface area (Å²) in [4.78, 5) is 0. The molecule has 0 aliphatic carbocycles. The number of hydrogen-bond acceptors (Lipinski definition) is 1. The van der Waals surface area contributed by atoms with Crippen molar-refractivity contribution in [3.05, 3.63) is 64.2 Å². The first-order chi connectivity index (χ1) is 7.99. The summed E-state index contributed by atoms with van der Waals surface area (Å²) in [5.41, 5.74) is 3.37. The third kappa shape index (κ3) is 4.92. The highest BCUT2D eigenvalue weighted by Crippen LogP contribution is 2.15. The number of phenols is 1. The van der Waals surface area contributed by atoms with Gasteiger partial charge in [0.1, 0.15) is 5.75 Å². The fourth-order valence-corrected chi connectivity index (χ4v) is 1.46. The Morgan fingerprint density at radius 3 is 1.76 bits per heavy atom. The molecule has 0 aliphatic rings. The highest BCUT2D eigenvalue weighted by atomic mass is 35.5. The zero-order chi connectivity index (χ0) is 12.8. The minimum atomic E-state index is 0.376. The van der Waals surface area contributed by atoms with Gasteiger partial charge in [0.2, 0.25) is 0 Å². The molecule has 0 atom stereocenters. The molecule has 0 heterocycles. The summed E-state index contributed by atoms with van der Waals surface area (Å²) in [5, 5.41) is 9.85. The van der Waals surface area contributed by atoms with Gasteiger partial charge in [0.05, 0.1) is 0 Å². The lowest BCUT2D eigenvalue weighted by Gasteiger charge is -1.97. The van der Waals surface area contributed by atoms with E-state index in [0.717, 1.165) is 10.6 Å². The number of aromatic hydroxyl groups is 1. The van der Waals surface area contributed by atoms with Crippen molar-refractivity contribution in [2.75, 3.05) is 0 Å². The van der Waals surface area contributed by atoms with E-state index in [1.165, 1.54) is 11.1 Å². The monoisotopic (exact) mass is 248 g/mol. The predicted molar refractivity (Wildman–Crippen MR) is 73.8 cm³/mol. The second-order valence-electron chi connectivity index (χ2n) is 4.09. The van der Waals surface area contributed by atoms with Gasteiger partial charge in [-0.1, -0.05) is 47.0 Å². The van der Waals surface area contributed by atoms with E-state index in [-0.39, 0.29) is 0 Å². The molecule has 0 amide bonds. The first-order valence-electron chi connectivity index (χ1n) is 5.47. The van der Waals surface area contributed by atoms with Crippen LogP contribution in [0.5, 0.6) is 5.75 Å². The average Bonchev–Trinajstić information content (AvgIpc) is 2.29. The van der Waals surface area contributed by atoms with Crippen molar-refractivity contribution in [1.29, 1.82) is 0 Å². The molecule has 0 saturated heterocycles. The quantitative estimate of drug-likeness (QED) is 0.719. The van der Waals surface area contributed by atoms with Gasteiger partial charge in [-0.05, 0) is 44.5 Å². The van der Waals surface area contributed by atoms with Crippen molar-refractivity contribution in [3.63, 3.8) is 0 Å². The Morgan fingerprint density at radius 2 is 1.35 bits per heavy atom. The smallest absolute Gasteiger partial charge is 0.118 e. The molecular weight excluding hydrogens is 232 g/mol. The van der Waals surface area contributed by atoms with Gasteiger partial charge >= 0.3 is 0 Å². The Hall–Kier alpha value is -1.47. The number of halogens is 1. The molecule has 0 spiro atoms. The van der Waals surface area contributed by atoms with Crippen molar-refractivity contribution in [2.24, 2.45) is 0 Å². The van der Waals surface area contributed by atoms with E-state index in [1.807, 2.05) is 57.2 Å². The molecule has 1 nitrogen and oxygen atoms in total. The van der Waals surface area contributed by atoms with Crippen molar-refractivity contribution >= 4 is 11.6 Å². The lowest BCUT2D eigenvalue weighted by molar-refractivity contribution is 0.471. The number of benzene rings is 2. The van der Waals surface area contributed by atoms with Crippen molar-refractivity contribution < 1.29 is 5.11 Å². The molecule has 0 saturated carbocycles. The molecule has 2 heteroatoms. The average molecular weight is 249 g/mol. The molecule has 0 bridgehead atoms. The maximum absolute atomic E-state index is 9.04. The van der Waals surface area contributed by atoms with Gasteiger partial charge in [-0.3, -0.25) is 0 Å². The van der Waals surface area contributed by atoms with Crippen LogP contribution in [0.2, 0.25) is 5.02 Å². The molecule has 2 aromatic rings. The van der Waals surface area contributed by atoms with Gasteiger partial charge < -0.3 is 5.11 Å². The Kier molecular flexibility index (Phi) is 5.05. The maximum Gasteiger partial charge on any atom is 0.118 e. The van der Waals surface area contributed by atoms with Gasteiger partial charge in [0.25, 0.3) is 0 Å². The van der Waals surface area contributed by atoms with Gasteiger partial charge in [-0.15, -0.1) is 0 Å². The second kappa shape index (κ2) is 6.31. The van der Waals surface area contributed by atoms with E-state index >= 15 is 0 Å². The van der Waals surface area contributed by atoms with Gasteiger partial charge in [0.15, 0.2) is 0 Å². The normalized spacial score (nSPS) is 9.41. The Morgan fingerprint density at radius 1 is 0.824 bits per heavy atom. The number of phenolic OH excluding ortho intramolecular Hbond substituents is 1. The van der Waals surface area contributed by atoms with E-state index in [1.54, 1.807) is 6.07 Å². The fourth-order valence-electron chi connectivity index (χ4n) is 1.34. The first kappa shape index (κ1) is 13.6. The summed E-state index contributed by atoms with van der Waals surface area (Å²) in [6.45, 7) is 5.94. The molecule has 0 radical (unpaired) electrons. The number of aryl methyl sites for hydroxylation is 3. The minimum absolute atomic E-state index is 0.376. The standard InChI is InChI=1S/C8H10O.C7H7Cl/c1-6-3-4-8(9)7(2)5-6;1-6-2-4-7(8)5-3-6/h3-5,9H,1-2H3;2-5H,1H3. The van der Waals surface area contributed by atoms with Crippen LogP contribution in [0.3, 0.4) is 0 Å². The zero-order valence-corrected chi connectivity index (χ0v) is 11.1. The van der Waals surface area contributed by atoms with Gasteiger partial charge in [0, 0.05) is 5.02 Å². The highest BCUT2D eigenvalue weighted by Gasteiger charge is 1.91. The van der Waals surface area contributed by atoms with Crippen LogP contribution in [0, 0.1) is 20.8 Å². The molecule has 0 unspecified atom stereocenters. The summed E-state index contributed by atoms with van der Waals surface area (Å²) in [5.74, 6) is 0.376. The van der Waals surface area contributed by atoms with Crippen LogP contribution in [-0.2, 0) is 0 Å². The van der Waals surface area contributed by atoms with E-state index in [9.17, 15) is 0 Å². The summed E-state index contributed by atoms with van der Waals surface area (Å²) in [7, 11) is 0. The van der Waals surface area contributed by atoms with Crippen molar-refractivity contribution in [3.8, 4) is 5.75 Å². The molecule has 90 valence electrons. The third-order valence-electron chi connectivity index (χ3n) is 2.36. The Labute approximate surface area is 108 Å². The topological polar surface area (TPSA) is 20.2 Å². The number of rotatable bonds is 0. The molecule has 0 fully saturated rings. The SMILES string of the molecule is Cc1ccc(Cl)cc1.Cc1ccc(O)c(C)c1. The fraction of sp³-hybridized carbons (Fsp3) is 0.200. The molecule has 0 aromatic heterocycles. The van der Waals surface area contributed by atoms with Crippen LogP contribution in [0.25, 0.3) is 0 Å². The summed E-state index contributed by atoms with van der Waals surface area (Å²) in [6, 6.07) is 13.3. The highest BCUT2D eigenvalue weighted by molar-refractivity contribution is 6.30. The van der Waals surface area contributed by atoms with Crippen LogP contribution < -0.4 is 0 Å². The Balaban J connectivity index is 0.000000171. The molecular formula is C15H17ClO. The van der Waals surface area contributed by atoms with Crippen LogP contribution >= 0.6 is 11.6 Å². The minimum Gasteiger partial charge on any atom is -0.508 e. The lowest BCUT2D eigenvalue weighted by atomic mass is 10.1. The molecule has 2 aromatic carbocycles. The van der Waals surface area contributed by atoms with Crippen LogP contribution in [-0.4, -0.2) is 5.11 Å². The van der Waals surface area contributed by atoms with Crippen LogP contribution in [0.15, 0.2) is 42.5 Å². The zero-order valence-electron chi connectivity index (χ0n) is 10.4. The molecule has 0 aliphatic heterocycles.